The number of hydrogen-bond donors (Lipinski definition) is 0. The molecule has 0 N–H and O–H groups in total. The Labute approximate surface area is 208 Å². The number of alkyl halides is 6. The minimum atomic E-state index is -5.12. The number of unbranched alkanes of at least 4 members (excludes halogenated alkanes) is 2. The van der Waals surface area contributed by atoms with Crippen molar-refractivity contribution in [2.24, 2.45) is 0 Å². The van der Waals surface area contributed by atoms with Crippen molar-refractivity contribution in [2.45, 2.75) is 51.9 Å². The molecule has 0 heterocycles. The zero-order chi connectivity index (χ0) is 24.6. The Kier molecular flexibility index (Phi) is 12.0. The number of carbonyl (C=O) groups excluding carboxylic acids is 1. The van der Waals surface area contributed by atoms with Crippen LogP contribution in [0.3, 0.4) is 0 Å². The average molecular weight is 501 g/mol. The van der Waals surface area contributed by atoms with E-state index in [-0.39, 0.29) is 36.5 Å². The van der Waals surface area contributed by atoms with Crippen LogP contribution in [0.1, 0.15) is 61.0 Å². The summed E-state index contributed by atoms with van der Waals surface area (Å²) in [5.41, 5.74) is -5.86. The normalized spacial score (nSPS) is 12.0. The van der Waals surface area contributed by atoms with Crippen molar-refractivity contribution in [3.05, 3.63) is 53.1 Å². The van der Waals surface area contributed by atoms with E-state index in [9.17, 15) is 31.1 Å². The first-order chi connectivity index (χ1) is 15.5. The molecule has 11 heteroatoms. The summed E-state index contributed by atoms with van der Waals surface area (Å²) in [4.78, 5) is 12.9. The molecule has 1 unspecified atom stereocenters. The smallest absolute Gasteiger partial charge is 0.493 e. The summed E-state index contributed by atoms with van der Waals surface area (Å²) in [7, 11) is -1.00. The van der Waals surface area contributed by atoms with Gasteiger partial charge in [-0.25, -0.2) is 0 Å². The van der Waals surface area contributed by atoms with Crippen molar-refractivity contribution in [3.63, 3.8) is 0 Å². The van der Waals surface area contributed by atoms with E-state index in [4.69, 9.17) is 9.47 Å². The van der Waals surface area contributed by atoms with Crippen molar-refractivity contribution in [1.82, 2.24) is 0 Å². The van der Waals surface area contributed by atoms with Gasteiger partial charge in [-0.15, -0.1) is 0 Å². The molecule has 0 fully saturated rings. The third kappa shape index (κ3) is 8.52. The van der Waals surface area contributed by atoms with Crippen LogP contribution in [0.15, 0.2) is 36.4 Å². The molecule has 0 bridgehead atoms. The summed E-state index contributed by atoms with van der Waals surface area (Å²) < 4.78 is 92.0. The quantitative estimate of drug-likeness (QED) is 0.200. The Hall–Kier alpha value is -1.68. The third-order valence-electron chi connectivity index (χ3n) is 4.63. The molecule has 34 heavy (non-hydrogen) atoms. The van der Waals surface area contributed by atoms with Gasteiger partial charge in [-0.3, -0.25) is 4.79 Å². The molecule has 1 atom stereocenters. The molecule has 0 radical (unpaired) electrons. The summed E-state index contributed by atoms with van der Waals surface area (Å²) in [6.07, 6.45) is -7.01. The maximum atomic E-state index is 13.4. The van der Waals surface area contributed by atoms with Crippen LogP contribution >= 0.6 is 8.58 Å². The first kappa shape index (κ1) is 30.3. The molecule has 0 aliphatic rings. The fourth-order valence-corrected chi connectivity index (χ4v) is 4.00. The Bertz CT molecular complexity index is 915. The van der Waals surface area contributed by atoms with Crippen LogP contribution in [0.25, 0.3) is 0 Å². The number of carbonyl (C=O) groups is 1. The van der Waals surface area contributed by atoms with Crippen LogP contribution in [-0.4, -0.2) is 18.7 Å². The van der Waals surface area contributed by atoms with Gasteiger partial charge in [0.15, 0.2) is 5.52 Å². The zero-order valence-corrected chi connectivity index (χ0v) is 20.2. The predicted octanol–water partition coefficient (Wildman–Crippen LogP) is 4.23. The second-order valence-corrected chi connectivity index (χ2v) is 8.48. The second-order valence-electron chi connectivity index (χ2n) is 7.24. The monoisotopic (exact) mass is 501 g/mol. The molecule has 0 aromatic heterocycles. The van der Waals surface area contributed by atoms with Gasteiger partial charge in [0.05, 0.1) is 24.3 Å². The molecule has 182 valence electrons. The van der Waals surface area contributed by atoms with Crippen molar-refractivity contribution in [2.75, 3.05) is 13.2 Å². The number of ether oxygens (including phenoxy) is 2. The maximum Gasteiger partial charge on any atom is 1.00 e. The van der Waals surface area contributed by atoms with E-state index >= 15 is 0 Å². The van der Waals surface area contributed by atoms with Gasteiger partial charge in [0.25, 0.3) is 0 Å². The topological polar surface area (TPSA) is 35.5 Å². The number of hydrogen-bond acceptors (Lipinski definition) is 3. The first-order valence-electron chi connectivity index (χ1n) is 10.5. The van der Waals surface area contributed by atoms with Crippen LogP contribution in [0.4, 0.5) is 26.3 Å². The molecule has 2 rings (SSSR count). The van der Waals surface area contributed by atoms with E-state index in [0.717, 1.165) is 19.3 Å². The van der Waals surface area contributed by atoms with Crippen LogP contribution in [0.2, 0.25) is 0 Å². The molecular weight excluding hydrogens is 476 g/mol. The third-order valence-corrected chi connectivity index (χ3v) is 5.79. The van der Waals surface area contributed by atoms with E-state index in [0.29, 0.717) is 37.0 Å². The Balaban J connectivity index is 0.00000578. The Morgan fingerprint density at radius 2 is 1.38 bits per heavy atom. The average Bonchev–Trinajstić information content (AvgIpc) is 2.74. The first-order valence-corrected chi connectivity index (χ1v) is 11.5. The van der Waals surface area contributed by atoms with Gasteiger partial charge in [-0.05, 0) is 45.7 Å². The summed E-state index contributed by atoms with van der Waals surface area (Å²) in [6.45, 7) is 4.66. The minimum absolute atomic E-state index is 0. The summed E-state index contributed by atoms with van der Waals surface area (Å²) in [6, 6.07) is 6.10. The number of halogens is 6. The van der Waals surface area contributed by atoms with Crippen molar-refractivity contribution < 1.29 is 59.5 Å². The molecule has 2 aromatic carbocycles. The zero-order valence-electron chi connectivity index (χ0n) is 19.2. The second kappa shape index (κ2) is 13.4. The SMILES string of the molecule is CCCCOc1ccc(PC(=O)c2c(C(F)(F)F)cccc2C(F)(F)F)c(OCCCC)c1.[Li+]. The summed E-state index contributed by atoms with van der Waals surface area (Å²) in [5.74, 6) is 0.657. The molecule has 2 aromatic rings. The van der Waals surface area contributed by atoms with Crippen molar-refractivity contribution in [3.8, 4) is 11.5 Å². The Morgan fingerprint density at radius 3 is 1.88 bits per heavy atom. The predicted molar refractivity (Wildman–Crippen MR) is 116 cm³/mol. The maximum absolute atomic E-state index is 13.4. The fourth-order valence-electron chi connectivity index (χ4n) is 2.93. The van der Waals surface area contributed by atoms with Gasteiger partial charge in [-0.1, -0.05) is 32.8 Å². The van der Waals surface area contributed by atoms with Crippen molar-refractivity contribution in [1.29, 1.82) is 0 Å². The van der Waals surface area contributed by atoms with Gasteiger partial charge in [0, 0.05) is 16.9 Å². The molecule has 0 spiro atoms. The van der Waals surface area contributed by atoms with E-state index in [1.807, 2.05) is 13.8 Å². The molecule has 0 aliphatic carbocycles. The minimum Gasteiger partial charge on any atom is -0.493 e. The van der Waals surface area contributed by atoms with Crippen LogP contribution in [0, 0.1) is 0 Å². The van der Waals surface area contributed by atoms with E-state index in [1.54, 1.807) is 0 Å². The molecule has 3 nitrogen and oxygen atoms in total. The van der Waals surface area contributed by atoms with Crippen molar-refractivity contribution >= 4 is 19.4 Å². The summed E-state index contributed by atoms with van der Waals surface area (Å²) in [5, 5.41) is 0.212. The largest absolute Gasteiger partial charge is 1.00 e. The molecule has 0 saturated heterocycles. The number of benzene rings is 2. The molecule has 0 aliphatic heterocycles. The van der Waals surface area contributed by atoms with Gasteiger partial charge in [0.1, 0.15) is 11.5 Å². The van der Waals surface area contributed by atoms with Gasteiger partial charge < -0.3 is 9.47 Å². The van der Waals surface area contributed by atoms with E-state index in [1.165, 1.54) is 18.2 Å². The standard InChI is InChI=1S/C23H25F6O3P.Li/c1-3-5-12-31-15-10-11-19(18(14-15)32-13-6-4-2)33-21(30)20-16(22(24,25)26)8-7-9-17(20)23(27,28)29;/h7-11,14,33H,3-6,12-13H2,1-2H3;/q;+1. The van der Waals surface area contributed by atoms with Crippen LogP contribution in [0.5, 0.6) is 11.5 Å². The number of rotatable bonds is 11. The van der Waals surface area contributed by atoms with Gasteiger partial charge in [-0.2, -0.15) is 26.3 Å². The fraction of sp³-hybridized carbons (Fsp3) is 0.435. The molecule has 0 amide bonds. The Morgan fingerprint density at radius 1 is 0.853 bits per heavy atom. The van der Waals surface area contributed by atoms with E-state index in [2.05, 4.69) is 0 Å². The summed E-state index contributed by atoms with van der Waals surface area (Å²) >= 11 is 0. The van der Waals surface area contributed by atoms with Crippen LogP contribution in [-0.2, 0) is 12.4 Å². The van der Waals surface area contributed by atoms with Crippen LogP contribution < -0.4 is 33.6 Å². The van der Waals surface area contributed by atoms with Gasteiger partial charge >= 0.3 is 31.2 Å². The van der Waals surface area contributed by atoms with E-state index < -0.39 is 43.1 Å². The van der Waals surface area contributed by atoms with Gasteiger partial charge in [0.2, 0.25) is 0 Å². The molecular formula is C23H25F6LiO3P+. The molecule has 0 saturated carbocycles.